The zero-order valence-electron chi connectivity index (χ0n) is 11.6. The molecule has 0 aliphatic heterocycles. The van der Waals surface area contributed by atoms with Gasteiger partial charge < -0.3 is 9.73 Å². The van der Waals surface area contributed by atoms with E-state index in [4.69, 9.17) is 4.42 Å². The average Bonchev–Trinajstić information content (AvgIpc) is 2.87. The third kappa shape index (κ3) is 3.40. The van der Waals surface area contributed by atoms with Gasteiger partial charge in [0.1, 0.15) is 11.3 Å². The molecule has 0 atom stereocenters. The fourth-order valence-electron chi connectivity index (χ4n) is 2.99. The van der Waals surface area contributed by atoms with Crippen molar-refractivity contribution in [3.05, 3.63) is 36.1 Å². The molecule has 1 aromatic heterocycles. The standard InChI is InChI=1S/C16H18F3NO/c17-16(18,19)12-5-7-13(8-6-12)20-10-14-9-11-3-1-2-4-15(11)21-14/h1-4,9,12-13,20H,5-8,10H2. The number of fused-ring (bicyclic) bond motifs is 1. The second kappa shape index (κ2) is 5.72. The summed E-state index contributed by atoms with van der Waals surface area (Å²) in [6.07, 6.45) is -2.44. The summed E-state index contributed by atoms with van der Waals surface area (Å²) in [7, 11) is 0. The van der Waals surface area contributed by atoms with Gasteiger partial charge in [-0.15, -0.1) is 0 Å². The molecule has 5 heteroatoms. The lowest BCUT2D eigenvalue weighted by molar-refractivity contribution is -0.182. The van der Waals surface area contributed by atoms with Crippen molar-refractivity contribution in [2.45, 2.75) is 44.4 Å². The van der Waals surface area contributed by atoms with Crippen molar-refractivity contribution < 1.29 is 17.6 Å². The van der Waals surface area contributed by atoms with E-state index in [1.165, 1.54) is 0 Å². The Bertz CT molecular complexity index is 564. The number of hydrogen-bond acceptors (Lipinski definition) is 2. The first-order valence-corrected chi connectivity index (χ1v) is 7.30. The van der Waals surface area contributed by atoms with Crippen LogP contribution >= 0.6 is 0 Å². The van der Waals surface area contributed by atoms with Gasteiger partial charge in [-0.1, -0.05) is 18.2 Å². The molecule has 2 nitrogen and oxygen atoms in total. The topological polar surface area (TPSA) is 25.2 Å². The largest absolute Gasteiger partial charge is 0.460 e. The number of nitrogens with one attached hydrogen (secondary N) is 1. The van der Waals surface area contributed by atoms with E-state index in [2.05, 4.69) is 5.32 Å². The van der Waals surface area contributed by atoms with Crippen molar-refractivity contribution >= 4 is 11.0 Å². The number of rotatable bonds is 3. The Labute approximate surface area is 121 Å². The Kier molecular flexibility index (Phi) is 3.93. The molecule has 0 saturated heterocycles. The lowest BCUT2D eigenvalue weighted by Crippen LogP contribution is -2.36. The van der Waals surface area contributed by atoms with Crippen LogP contribution in [0.1, 0.15) is 31.4 Å². The highest BCUT2D eigenvalue weighted by Crippen LogP contribution is 2.37. The molecule has 114 valence electrons. The number of furan rings is 1. The van der Waals surface area contributed by atoms with E-state index in [9.17, 15) is 13.2 Å². The molecule has 1 aliphatic rings. The zero-order chi connectivity index (χ0) is 14.9. The van der Waals surface area contributed by atoms with Crippen molar-refractivity contribution in [1.29, 1.82) is 0 Å². The van der Waals surface area contributed by atoms with Gasteiger partial charge >= 0.3 is 6.18 Å². The third-order valence-corrected chi connectivity index (χ3v) is 4.23. The normalized spacial score (nSPS) is 23.6. The van der Waals surface area contributed by atoms with Crippen molar-refractivity contribution in [3.8, 4) is 0 Å². The van der Waals surface area contributed by atoms with Gasteiger partial charge in [0, 0.05) is 11.4 Å². The molecule has 3 rings (SSSR count). The van der Waals surface area contributed by atoms with Crippen LogP contribution in [0.2, 0.25) is 0 Å². The Balaban J connectivity index is 1.52. The van der Waals surface area contributed by atoms with Crippen LogP contribution in [0.3, 0.4) is 0 Å². The molecule has 0 unspecified atom stereocenters. The third-order valence-electron chi connectivity index (χ3n) is 4.23. The summed E-state index contributed by atoms with van der Waals surface area (Å²) in [4.78, 5) is 0. The molecule has 0 spiro atoms. The maximum Gasteiger partial charge on any atom is 0.391 e. The van der Waals surface area contributed by atoms with Crippen LogP contribution in [0.15, 0.2) is 34.7 Å². The first-order chi connectivity index (χ1) is 10.0. The Morgan fingerprint density at radius 3 is 2.48 bits per heavy atom. The molecular weight excluding hydrogens is 279 g/mol. The zero-order valence-corrected chi connectivity index (χ0v) is 11.6. The van der Waals surface area contributed by atoms with E-state index in [0.717, 1.165) is 16.7 Å². The summed E-state index contributed by atoms with van der Waals surface area (Å²) in [5.41, 5.74) is 0.843. The number of para-hydroxylation sites is 1. The van der Waals surface area contributed by atoms with E-state index in [-0.39, 0.29) is 18.9 Å². The molecule has 0 bridgehead atoms. The minimum Gasteiger partial charge on any atom is -0.460 e. The molecule has 1 fully saturated rings. The van der Waals surface area contributed by atoms with Crippen LogP contribution in [0.4, 0.5) is 13.2 Å². The smallest absolute Gasteiger partial charge is 0.391 e. The summed E-state index contributed by atoms with van der Waals surface area (Å²) in [6.45, 7) is 0.566. The van der Waals surface area contributed by atoms with Crippen LogP contribution in [0.5, 0.6) is 0 Å². The molecule has 1 aliphatic carbocycles. The van der Waals surface area contributed by atoms with Gasteiger partial charge in [0.25, 0.3) is 0 Å². The monoisotopic (exact) mass is 297 g/mol. The molecule has 1 saturated carbocycles. The fourth-order valence-corrected chi connectivity index (χ4v) is 2.99. The number of benzene rings is 1. The Morgan fingerprint density at radius 1 is 1.10 bits per heavy atom. The van der Waals surface area contributed by atoms with E-state index in [1.54, 1.807) is 0 Å². The molecule has 1 aromatic carbocycles. The molecule has 0 radical (unpaired) electrons. The predicted molar refractivity (Wildman–Crippen MR) is 74.9 cm³/mol. The van der Waals surface area contributed by atoms with Gasteiger partial charge in [0.15, 0.2) is 0 Å². The van der Waals surface area contributed by atoms with Crippen LogP contribution in [0, 0.1) is 5.92 Å². The number of alkyl halides is 3. The van der Waals surface area contributed by atoms with Gasteiger partial charge in [-0.25, -0.2) is 0 Å². The molecule has 21 heavy (non-hydrogen) atoms. The summed E-state index contributed by atoms with van der Waals surface area (Å²) < 4.78 is 43.5. The van der Waals surface area contributed by atoms with E-state index in [1.807, 2.05) is 30.3 Å². The lowest BCUT2D eigenvalue weighted by atomic mass is 9.85. The van der Waals surface area contributed by atoms with Gasteiger partial charge in [-0.2, -0.15) is 13.2 Å². The quantitative estimate of drug-likeness (QED) is 0.892. The van der Waals surface area contributed by atoms with Gasteiger partial charge in [-0.05, 0) is 37.8 Å². The SMILES string of the molecule is FC(F)(F)C1CCC(NCc2cc3ccccc3o2)CC1. The molecule has 0 amide bonds. The highest BCUT2D eigenvalue weighted by atomic mass is 19.4. The van der Waals surface area contributed by atoms with Crippen molar-refractivity contribution in [2.24, 2.45) is 5.92 Å². The molecule has 2 aromatic rings. The van der Waals surface area contributed by atoms with Crippen LogP contribution in [-0.2, 0) is 6.54 Å². The lowest BCUT2D eigenvalue weighted by Gasteiger charge is -2.30. The van der Waals surface area contributed by atoms with Crippen molar-refractivity contribution in [3.63, 3.8) is 0 Å². The Hall–Kier alpha value is -1.49. The minimum absolute atomic E-state index is 0.150. The first kappa shape index (κ1) is 14.4. The second-order valence-corrected chi connectivity index (χ2v) is 5.72. The maximum atomic E-state index is 12.6. The summed E-state index contributed by atoms with van der Waals surface area (Å²) in [6, 6.07) is 9.89. The summed E-state index contributed by atoms with van der Waals surface area (Å²) in [5, 5.41) is 4.36. The van der Waals surface area contributed by atoms with Crippen LogP contribution < -0.4 is 5.32 Å². The summed E-state index contributed by atoms with van der Waals surface area (Å²) in [5.74, 6) is -0.295. The van der Waals surface area contributed by atoms with Gasteiger partial charge in [-0.3, -0.25) is 0 Å². The second-order valence-electron chi connectivity index (χ2n) is 5.72. The molecule has 1 heterocycles. The van der Waals surface area contributed by atoms with Crippen LogP contribution in [-0.4, -0.2) is 12.2 Å². The number of halogens is 3. The molecule has 1 N–H and O–H groups in total. The average molecular weight is 297 g/mol. The highest BCUT2D eigenvalue weighted by molar-refractivity contribution is 5.77. The van der Waals surface area contributed by atoms with E-state index in [0.29, 0.717) is 19.4 Å². The first-order valence-electron chi connectivity index (χ1n) is 7.30. The highest BCUT2D eigenvalue weighted by Gasteiger charge is 2.41. The fraction of sp³-hybridized carbons (Fsp3) is 0.500. The minimum atomic E-state index is -4.04. The van der Waals surface area contributed by atoms with E-state index < -0.39 is 12.1 Å². The summed E-state index contributed by atoms with van der Waals surface area (Å²) >= 11 is 0. The predicted octanol–water partition coefficient (Wildman–Crippen LogP) is 4.64. The Morgan fingerprint density at radius 2 is 1.81 bits per heavy atom. The number of hydrogen-bond donors (Lipinski definition) is 1. The van der Waals surface area contributed by atoms with Gasteiger partial charge in [0.05, 0.1) is 12.5 Å². The molecular formula is C16H18F3NO. The van der Waals surface area contributed by atoms with Gasteiger partial charge in [0.2, 0.25) is 0 Å². The van der Waals surface area contributed by atoms with Crippen molar-refractivity contribution in [1.82, 2.24) is 5.32 Å². The van der Waals surface area contributed by atoms with Crippen molar-refractivity contribution in [2.75, 3.05) is 0 Å². The van der Waals surface area contributed by atoms with E-state index >= 15 is 0 Å². The maximum absolute atomic E-state index is 12.6. The van der Waals surface area contributed by atoms with Crippen LogP contribution in [0.25, 0.3) is 11.0 Å².